The van der Waals surface area contributed by atoms with Gasteiger partial charge in [-0.1, -0.05) is 13.8 Å². The first-order chi connectivity index (χ1) is 7.56. The van der Waals surface area contributed by atoms with Crippen LogP contribution in [0.2, 0.25) is 0 Å². The molecule has 0 aliphatic heterocycles. The molecule has 1 unspecified atom stereocenters. The second-order valence-corrected chi connectivity index (χ2v) is 4.26. The van der Waals surface area contributed by atoms with Gasteiger partial charge >= 0.3 is 0 Å². The number of hydrazine groups is 1. The summed E-state index contributed by atoms with van der Waals surface area (Å²) in [5.41, 5.74) is 2.09. The lowest BCUT2D eigenvalue weighted by Crippen LogP contribution is -2.30. The van der Waals surface area contributed by atoms with Gasteiger partial charge in [0.05, 0.1) is 19.3 Å². The number of nitrogens with one attached hydrogen (secondary N) is 1. The highest BCUT2D eigenvalue weighted by atomic mass is 16.5. The van der Waals surface area contributed by atoms with Gasteiger partial charge in [0.15, 0.2) is 0 Å². The van der Waals surface area contributed by atoms with E-state index in [0.29, 0.717) is 32.0 Å². The molecular weight excluding hydrogens is 208 g/mol. The second-order valence-electron chi connectivity index (χ2n) is 4.26. The molecule has 0 aromatic carbocycles. The summed E-state index contributed by atoms with van der Waals surface area (Å²) in [7, 11) is 0. The van der Waals surface area contributed by atoms with Crippen LogP contribution < -0.4 is 11.3 Å². The summed E-state index contributed by atoms with van der Waals surface area (Å²) in [6.45, 7) is 8.08. The Morgan fingerprint density at radius 2 is 2.00 bits per heavy atom. The molecule has 0 radical (unpaired) electrons. The van der Waals surface area contributed by atoms with E-state index in [4.69, 9.17) is 15.3 Å². The normalized spacial score (nSPS) is 12.8. The van der Waals surface area contributed by atoms with Gasteiger partial charge in [-0.25, -0.2) is 5.84 Å². The Morgan fingerprint density at radius 1 is 1.31 bits per heavy atom. The predicted octanol–water partition coefficient (Wildman–Crippen LogP) is 0.834. The fourth-order valence-electron chi connectivity index (χ4n) is 1.12. The number of carbonyl (C=O) groups excluding carboxylic acids is 1. The molecule has 0 heterocycles. The number of rotatable bonds is 9. The minimum Gasteiger partial charge on any atom is -0.379 e. The second kappa shape index (κ2) is 9.57. The van der Waals surface area contributed by atoms with Crippen molar-refractivity contribution in [3.8, 4) is 0 Å². The van der Waals surface area contributed by atoms with Gasteiger partial charge in [0.25, 0.3) is 0 Å². The third-order valence-electron chi connectivity index (χ3n) is 2.02. The van der Waals surface area contributed by atoms with Crippen LogP contribution in [0.3, 0.4) is 0 Å². The Kier molecular flexibility index (Phi) is 9.18. The van der Waals surface area contributed by atoms with Crippen LogP contribution in [0.15, 0.2) is 0 Å². The fraction of sp³-hybridized carbons (Fsp3) is 0.909. The average Bonchev–Trinajstić information content (AvgIpc) is 2.24. The Bertz CT molecular complexity index is 186. The van der Waals surface area contributed by atoms with Crippen LogP contribution >= 0.6 is 0 Å². The van der Waals surface area contributed by atoms with Crippen molar-refractivity contribution in [3.63, 3.8) is 0 Å². The van der Waals surface area contributed by atoms with E-state index in [1.807, 2.05) is 6.92 Å². The number of ether oxygens (including phenoxy) is 2. The molecule has 1 atom stereocenters. The molecule has 0 saturated carbocycles. The summed E-state index contributed by atoms with van der Waals surface area (Å²) >= 11 is 0. The maximum atomic E-state index is 10.9. The van der Waals surface area contributed by atoms with Gasteiger partial charge in [-0.15, -0.1) is 0 Å². The van der Waals surface area contributed by atoms with Gasteiger partial charge in [-0.05, 0) is 19.3 Å². The van der Waals surface area contributed by atoms with Crippen molar-refractivity contribution in [1.82, 2.24) is 5.43 Å². The Hall–Kier alpha value is -0.650. The molecule has 3 N–H and O–H groups in total. The highest BCUT2D eigenvalue weighted by Crippen LogP contribution is 2.01. The molecule has 0 aliphatic rings. The van der Waals surface area contributed by atoms with Crippen molar-refractivity contribution < 1.29 is 14.3 Å². The molecule has 96 valence electrons. The highest BCUT2D eigenvalue weighted by Gasteiger charge is 2.05. The molecule has 0 aromatic heterocycles. The maximum absolute atomic E-state index is 10.9. The molecule has 1 amide bonds. The van der Waals surface area contributed by atoms with E-state index in [-0.39, 0.29) is 12.0 Å². The predicted molar refractivity (Wildman–Crippen MR) is 62.6 cm³/mol. The van der Waals surface area contributed by atoms with Gasteiger partial charge in [0, 0.05) is 13.0 Å². The van der Waals surface area contributed by atoms with E-state index in [1.54, 1.807) is 0 Å². The third-order valence-corrected chi connectivity index (χ3v) is 2.02. The summed E-state index contributed by atoms with van der Waals surface area (Å²) in [6, 6.07) is 0. The number of nitrogens with two attached hydrogens (primary N) is 1. The molecule has 0 bridgehead atoms. The minimum atomic E-state index is -0.161. The maximum Gasteiger partial charge on any atom is 0.233 e. The molecule has 5 heteroatoms. The van der Waals surface area contributed by atoms with E-state index >= 15 is 0 Å². The van der Waals surface area contributed by atoms with Crippen LogP contribution in [0.25, 0.3) is 0 Å². The summed E-state index contributed by atoms with van der Waals surface area (Å²) < 4.78 is 10.8. The van der Waals surface area contributed by atoms with Crippen LogP contribution in [0, 0.1) is 5.92 Å². The summed E-state index contributed by atoms with van der Waals surface area (Å²) in [5.74, 6) is 5.35. The van der Waals surface area contributed by atoms with Crippen LogP contribution in [0.1, 0.15) is 33.6 Å². The zero-order valence-corrected chi connectivity index (χ0v) is 10.5. The molecule has 0 saturated heterocycles. The van der Waals surface area contributed by atoms with E-state index in [2.05, 4.69) is 19.3 Å². The first kappa shape index (κ1) is 15.3. The lowest BCUT2D eigenvalue weighted by Gasteiger charge is -2.13. The van der Waals surface area contributed by atoms with Crippen molar-refractivity contribution in [2.24, 2.45) is 11.8 Å². The SMILES string of the molecule is CC(C)COCCOC(C)CCC(=O)NN. The summed E-state index contributed by atoms with van der Waals surface area (Å²) in [6.07, 6.45) is 1.12. The molecule has 16 heavy (non-hydrogen) atoms. The van der Waals surface area contributed by atoms with Crippen molar-refractivity contribution in [1.29, 1.82) is 0 Å². The largest absolute Gasteiger partial charge is 0.379 e. The van der Waals surface area contributed by atoms with Crippen molar-refractivity contribution in [3.05, 3.63) is 0 Å². The molecule has 5 nitrogen and oxygen atoms in total. The number of amides is 1. The Balaban J connectivity index is 3.30. The van der Waals surface area contributed by atoms with Crippen LogP contribution in [0.4, 0.5) is 0 Å². The summed E-state index contributed by atoms with van der Waals surface area (Å²) in [4.78, 5) is 10.9. The minimum absolute atomic E-state index is 0.0555. The Morgan fingerprint density at radius 3 is 2.56 bits per heavy atom. The monoisotopic (exact) mass is 232 g/mol. The number of hydrogen-bond acceptors (Lipinski definition) is 4. The lowest BCUT2D eigenvalue weighted by molar-refractivity contribution is -0.121. The van der Waals surface area contributed by atoms with Gasteiger partial charge < -0.3 is 9.47 Å². The quantitative estimate of drug-likeness (QED) is 0.267. The lowest BCUT2D eigenvalue weighted by atomic mass is 10.2. The van der Waals surface area contributed by atoms with Crippen LogP contribution in [-0.2, 0) is 14.3 Å². The molecule has 0 fully saturated rings. The standard InChI is InChI=1S/C11H24N2O3/c1-9(2)8-15-6-7-16-10(3)4-5-11(14)13-12/h9-10H,4-8,12H2,1-3H3,(H,13,14). The van der Waals surface area contributed by atoms with Crippen molar-refractivity contribution in [2.75, 3.05) is 19.8 Å². The molecular formula is C11H24N2O3. The fourth-order valence-corrected chi connectivity index (χ4v) is 1.12. The molecule has 0 spiro atoms. The van der Waals surface area contributed by atoms with Gasteiger partial charge in [0.1, 0.15) is 0 Å². The topological polar surface area (TPSA) is 73.6 Å². The zero-order chi connectivity index (χ0) is 12.4. The first-order valence-electron chi connectivity index (χ1n) is 5.75. The smallest absolute Gasteiger partial charge is 0.233 e. The number of hydrogen-bond donors (Lipinski definition) is 2. The van der Waals surface area contributed by atoms with Gasteiger partial charge in [-0.3, -0.25) is 10.2 Å². The highest BCUT2D eigenvalue weighted by molar-refractivity contribution is 5.75. The first-order valence-corrected chi connectivity index (χ1v) is 5.75. The third kappa shape index (κ3) is 9.89. The number of carbonyl (C=O) groups is 1. The summed E-state index contributed by atoms with van der Waals surface area (Å²) in [5, 5.41) is 0. The van der Waals surface area contributed by atoms with E-state index in [9.17, 15) is 4.79 Å². The van der Waals surface area contributed by atoms with Gasteiger partial charge in [-0.2, -0.15) is 0 Å². The van der Waals surface area contributed by atoms with E-state index in [1.165, 1.54) is 0 Å². The van der Waals surface area contributed by atoms with Crippen molar-refractivity contribution >= 4 is 5.91 Å². The van der Waals surface area contributed by atoms with Crippen LogP contribution in [-0.4, -0.2) is 31.8 Å². The van der Waals surface area contributed by atoms with Crippen molar-refractivity contribution in [2.45, 2.75) is 39.7 Å². The zero-order valence-electron chi connectivity index (χ0n) is 10.5. The van der Waals surface area contributed by atoms with E-state index < -0.39 is 0 Å². The van der Waals surface area contributed by atoms with Gasteiger partial charge in [0.2, 0.25) is 5.91 Å². The Labute approximate surface area is 97.6 Å². The van der Waals surface area contributed by atoms with Crippen LogP contribution in [0.5, 0.6) is 0 Å². The molecule has 0 aliphatic carbocycles. The molecule has 0 rings (SSSR count). The average molecular weight is 232 g/mol. The van der Waals surface area contributed by atoms with E-state index in [0.717, 1.165) is 6.61 Å². The molecule has 0 aromatic rings.